The number of carbonyl (C=O) groups excluding carboxylic acids is 1. The van der Waals surface area contributed by atoms with E-state index in [-0.39, 0.29) is 11.9 Å². The fraction of sp³-hybridized carbons (Fsp3) is 0.500. The second-order valence-corrected chi connectivity index (χ2v) is 5.99. The first-order valence-electron chi connectivity index (χ1n) is 6.70. The van der Waals surface area contributed by atoms with Crippen LogP contribution in [0.1, 0.15) is 43.9 Å². The fourth-order valence-electron chi connectivity index (χ4n) is 1.91. The van der Waals surface area contributed by atoms with Gasteiger partial charge in [0.05, 0.1) is 5.54 Å². The van der Waals surface area contributed by atoms with Crippen LogP contribution in [0.3, 0.4) is 0 Å². The highest BCUT2D eigenvalue weighted by Crippen LogP contribution is 2.28. The third kappa shape index (κ3) is 2.90. The SMILES string of the molecule is CC[C@@](C)(NC(=O)[C@@H](C)n1cccn1)c1nc(C)cs1. The van der Waals surface area contributed by atoms with Gasteiger partial charge in [0.2, 0.25) is 5.91 Å². The van der Waals surface area contributed by atoms with Gasteiger partial charge < -0.3 is 5.32 Å². The summed E-state index contributed by atoms with van der Waals surface area (Å²) in [6.45, 7) is 7.87. The van der Waals surface area contributed by atoms with Crippen molar-refractivity contribution in [2.75, 3.05) is 0 Å². The number of aromatic nitrogens is 3. The maximum atomic E-state index is 12.4. The van der Waals surface area contributed by atoms with Crippen LogP contribution in [0.2, 0.25) is 0 Å². The lowest BCUT2D eigenvalue weighted by atomic mass is 9.99. The number of rotatable bonds is 5. The average molecular weight is 292 g/mol. The van der Waals surface area contributed by atoms with Crippen LogP contribution in [0.4, 0.5) is 0 Å². The second kappa shape index (κ2) is 5.75. The molecule has 0 radical (unpaired) electrons. The van der Waals surface area contributed by atoms with E-state index in [2.05, 4.69) is 22.3 Å². The van der Waals surface area contributed by atoms with Gasteiger partial charge in [-0.05, 0) is 33.3 Å². The van der Waals surface area contributed by atoms with Crippen molar-refractivity contribution in [2.24, 2.45) is 0 Å². The molecular formula is C14H20N4OS. The van der Waals surface area contributed by atoms with Crippen LogP contribution in [-0.4, -0.2) is 20.7 Å². The molecule has 6 heteroatoms. The predicted octanol–water partition coefficient (Wildman–Crippen LogP) is 2.65. The molecule has 0 aliphatic carbocycles. The van der Waals surface area contributed by atoms with Crippen molar-refractivity contribution >= 4 is 17.2 Å². The number of amides is 1. The summed E-state index contributed by atoms with van der Waals surface area (Å²) in [6, 6.07) is 1.48. The maximum absolute atomic E-state index is 12.4. The maximum Gasteiger partial charge on any atom is 0.245 e. The zero-order valence-electron chi connectivity index (χ0n) is 12.3. The normalized spacial score (nSPS) is 15.6. The molecule has 20 heavy (non-hydrogen) atoms. The van der Waals surface area contributed by atoms with E-state index in [0.717, 1.165) is 17.1 Å². The molecule has 2 aromatic heterocycles. The molecule has 108 valence electrons. The van der Waals surface area contributed by atoms with Crippen molar-refractivity contribution in [1.29, 1.82) is 0 Å². The van der Waals surface area contributed by atoms with Gasteiger partial charge in [0.25, 0.3) is 0 Å². The van der Waals surface area contributed by atoms with E-state index in [1.807, 2.05) is 32.2 Å². The van der Waals surface area contributed by atoms with Crippen LogP contribution in [0.5, 0.6) is 0 Å². The Balaban J connectivity index is 2.15. The minimum atomic E-state index is -0.433. The molecule has 0 spiro atoms. The molecule has 5 nitrogen and oxygen atoms in total. The molecule has 2 atom stereocenters. The topological polar surface area (TPSA) is 59.8 Å². The smallest absolute Gasteiger partial charge is 0.245 e. The van der Waals surface area contributed by atoms with E-state index >= 15 is 0 Å². The summed E-state index contributed by atoms with van der Waals surface area (Å²) in [7, 11) is 0. The summed E-state index contributed by atoms with van der Waals surface area (Å²) in [6.07, 6.45) is 4.26. The van der Waals surface area contributed by atoms with Crippen molar-refractivity contribution in [2.45, 2.75) is 45.7 Å². The first-order chi connectivity index (χ1) is 9.46. The minimum Gasteiger partial charge on any atom is -0.343 e. The Kier molecular flexibility index (Phi) is 4.23. The molecule has 0 saturated carbocycles. The molecule has 0 unspecified atom stereocenters. The Morgan fingerprint density at radius 1 is 1.60 bits per heavy atom. The van der Waals surface area contributed by atoms with E-state index in [9.17, 15) is 4.79 Å². The summed E-state index contributed by atoms with van der Waals surface area (Å²) >= 11 is 1.58. The third-order valence-electron chi connectivity index (χ3n) is 3.50. The van der Waals surface area contributed by atoms with Gasteiger partial charge >= 0.3 is 0 Å². The van der Waals surface area contributed by atoms with Gasteiger partial charge in [0.15, 0.2) is 0 Å². The van der Waals surface area contributed by atoms with E-state index in [4.69, 9.17) is 0 Å². The standard InChI is InChI=1S/C14H20N4OS/c1-5-14(4,13-16-10(2)9-20-13)17-12(19)11(3)18-8-6-7-15-18/h6-9,11H,5H2,1-4H3,(H,17,19)/t11-,14-/m1/s1. The van der Waals surface area contributed by atoms with Crippen LogP contribution in [0, 0.1) is 6.92 Å². The molecule has 0 fully saturated rings. The molecule has 2 rings (SSSR count). The summed E-state index contributed by atoms with van der Waals surface area (Å²) in [5.74, 6) is -0.0501. The summed E-state index contributed by atoms with van der Waals surface area (Å²) in [5.41, 5.74) is 0.552. The second-order valence-electron chi connectivity index (χ2n) is 5.13. The van der Waals surface area contributed by atoms with E-state index in [0.29, 0.717) is 0 Å². The highest BCUT2D eigenvalue weighted by atomic mass is 32.1. The predicted molar refractivity (Wildman–Crippen MR) is 79.6 cm³/mol. The van der Waals surface area contributed by atoms with E-state index < -0.39 is 5.54 Å². The number of nitrogens with one attached hydrogen (secondary N) is 1. The zero-order valence-corrected chi connectivity index (χ0v) is 13.1. The Hall–Kier alpha value is -1.69. The van der Waals surface area contributed by atoms with Gasteiger partial charge in [-0.25, -0.2) is 4.98 Å². The molecule has 0 aliphatic heterocycles. The molecule has 1 amide bonds. The van der Waals surface area contributed by atoms with Gasteiger partial charge in [-0.1, -0.05) is 6.92 Å². The van der Waals surface area contributed by atoms with Crippen molar-refractivity contribution < 1.29 is 4.79 Å². The van der Waals surface area contributed by atoms with Crippen LogP contribution in [0.25, 0.3) is 0 Å². The van der Waals surface area contributed by atoms with E-state index in [1.54, 1.807) is 28.4 Å². The van der Waals surface area contributed by atoms with Crippen molar-refractivity contribution in [1.82, 2.24) is 20.1 Å². The van der Waals surface area contributed by atoms with Crippen LogP contribution < -0.4 is 5.32 Å². The van der Waals surface area contributed by atoms with Gasteiger partial charge in [-0.15, -0.1) is 11.3 Å². The number of hydrogen-bond acceptors (Lipinski definition) is 4. The summed E-state index contributed by atoms with van der Waals surface area (Å²) in [4.78, 5) is 16.9. The quantitative estimate of drug-likeness (QED) is 0.921. The Bertz CT molecular complexity index is 578. The monoisotopic (exact) mass is 292 g/mol. The number of hydrogen-bond donors (Lipinski definition) is 1. The van der Waals surface area contributed by atoms with Gasteiger partial charge in [0.1, 0.15) is 11.0 Å². The number of carbonyl (C=O) groups is 1. The van der Waals surface area contributed by atoms with Gasteiger partial charge in [0, 0.05) is 23.5 Å². The molecule has 1 N–H and O–H groups in total. The van der Waals surface area contributed by atoms with Crippen molar-refractivity contribution in [3.05, 3.63) is 34.5 Å². The van der Waals surface area contributed by atoms with Crippen molar-refractivity contribution in [3.8, 4) is 0 Å². The summed E-state index contributed by atoms with van der Waals surface area (Å²) < 4.78 is 1.65. The average Bonchev–Trinajstić information content (AvgIpc) is 3.08. The number of thiazole rings is 1. The molecule has 2 heterocycles. The molecule has 0 aliphatic rings. The lowest BCUT2D eigenvalue weighted by molar-refractivity contribution is -0.126. The molecule has 0 bridgehead atoms. The van der Waals surface area contributed by atoms with Gasteiger partial charge in [-0.2, -0.15) is 5.10 Å². The lowest BCUT2D eigenvalue weighted by Gasteiger charge is -2.29. The first kappa shape index (κ1) is 14.7. The van der Waals surface area contributed by atoms with Crippen LogP contribution >= 0.6 is 11.3 Å². The highest BCUT2D eigenvalue weighted by molar-refractivity contribution is 7.09. The first-order valence-corrected chi connectivity index (χ1v) is 7.58. The highest BCUT2D eigenvalue weighted by Gasteiger charge is 2.31. The lowest BCUT2D eigenvalue weighted by Crippen LogP contribution is -2.45. The zero-order chi connectivity index (χ0) is 14.8. The Morgan fingerprint density at radius 2 is 2.35 bits per heavy atom. The van der Waals surface area contributed by atoms with Crippen LogP contribution in [0.15, 0.2) is 23.8 Å². The largest absolute Gasteiger partial charge is 0.343 e. The fourth-order valence-corrected chi connectivity index (χ4v) is 2.89. The number of nitrogens with zero attached hydrogens (tertiary/aromatic N) is 3. The Morgan fingerprint density at radius 3 is 2.85 bits per heavy atom. The van der Waals surface area contributed by atoms with Crippen molar-refractivity contribution in [3.63, 3.8) is 0 Å². The third-order valence-corrected chi connectivity index (χ3v) is 4.72. The van der Waals surface area contributed by atoms with Gasteiger partial charge in [-0.3, -0.25) is 9.48 Å². The Labute approximate surface area is 123 Å². The molecular weight excluding hydrogens is 272 g/mol. The molecule has 2 aromatic rings. The molecule has 0 saturated heterocycles. The number of aryl methyl sites for hydroxylation is 1. The van der Waals surface area contributed by atoms with Crippen LogP contribution in [-0.2, 0) is 10.3 Å². The summed E-state index contributed by atoms with van der Waals surface area (Å²) in [5, 5.41) is 10.2. The van der Waals surface area contributed by atoms with E-state index in [1.165, 1.54) is 0 Å². The molecule has 0 aromatic carbocycles. The minimum absolute atomic E-state index is 0.0501.